The van der Waals surface area contributed by atoms with Crippen LogP contribution in [-0.2, 0) is 4.74 Å². The molecule has 1 N–H and O–H groups in total. The summed E-state index contributed by atoms with van der Waals surface area (Å²) in [5.74, 6) is 0.0827. The summed E-state index contributed by atoms with van der Waals surface area (Å²) in [6.07, 6.45) is 1.64. The van der Waals surface area contributed by atoms with Crippen molar-refractivity contribution in [1.29, 1.82) is 0 Å². The number of carbonyl (C=O) groups is 2. The molecule has 2 aromatic carbocycles. The molecule has 0 aliphatic carbocycles. The quantitative estimate of drug-likeness (QED) is 0.308. The van der Waals surface area contributed by atoms with Crippen molar-refractivity contribution < 1.29 is 28.9 Å². The van der Waals surface area contributed by atoms with E-state index in [1.165, 1.54) is 17.4 Å². The molecule has 0 bridgehead atoms. The summed E-state index contributed by atoms with van der Waals surface area (Å²) in [5.41, 5.74) is 0.911. The molecule has 0 unspecified atom stereocenters. The number of halogens is 1. The number of hydrogen-bond acceptors (Lipinski definition) is 7. The van der Waals surface area contributed by atoms with Crippen molar-refractivity contribution in [3.63, 3.8) is 0 Å². The first-order chi connectivity index (χ1) is 15.1. The molecule has 0 spiro atoms. The fraction of sp³-hybridized carbons (Fsp3) is 0.261. The summed E-state index contributed by atoms with van der Waals surface area (Å²) in [6, 6.07) is 10.1. The van der Waals surface area contributed by atoms with Crippen LogP contribution in [0.25, 0.3) is 10.6 Å². The van der Waals surface area contributed by atoms with Crippen LogP contribution in [-0.4, -0.2) is 41.8 Å². The van der Waals surface area contributed by atoms with Crippen molar-refractivity contribution in [3.8, 4) is 22.1 Å². The van der Waals surface area contributed by atoms with Gasteiger partial charge in [0, 0.05) is 20.7 Å². The van der Waals surface area contributed by atoms with Crippen LogP contribution in [0.1, 0.15) is 41.5 Å². The van der Waals surface area contributed by atoms with Crippen molar-refractivity contribution in [2.45, 2.75) is 26.4 Å². The third-order valence-corrected chi connectivity index (χ3v) is 5.61. The first-order valence-corrected chi connectivity index (χ1v) is 11.4. The lowest BCUT2D eigenvalue weighted by molar-refractivity contribution is 0.00680. The van der Waals surface area contributed by atoms with Crippen molar-refractivity contribution >= 4 is 45.9 Å². The van der Waals surface area contributed by atoms with Crippen molar-refractivity contribution in [2.75, 3.05) is 14.2 Å². The van der Waals surface area contributed by atoms with Gasteiger partial charge in [-0.2, -0.15) is 0 Å². The predicted molar refractivity (Wildman–Crippen MR) is 132 cm³/mol. The number of carbonyl (C=O) groups excluding carboxylic acids is 1. The molecule has 0 aliphatic heterocycles. The Bertz CT molecular complexity index is 1080. The predicted octanol–water partition coefficient (Wildman–Crippen LogP) is 5.77. The molecular formula is C23H24INO6S. The standard InChI is InChI=1S/C12H15IO3.C11H9NO3S/c1-12(2,3)16-11(14)9-6-5-8(15-4)7-10(9)13;1-15-7-2-3-8(11(13)14)9(6-7)10-12-4-5-16-10/h5-7H,1-4H3;2-6H,1H3,(H,13,14). The Kier molecular flexibility index (Phi) is 9.02. The topological polar surface area (TPSA) is 95.0 Å². The SMILES string of the molecule is COc1ccc(C(=O)O)c(-c2nccs2)c1.COc1ccc(C(=O)OC(C)(C)C)c(I)c1. The highest BCUT2D eigenvalue weighted by Crippen LogP contribution is 2.29. The van der Waals surface area contributed by atoms with Crippen LogP contribution < -0.4 is 9.47 Å². The molecule has 0 aliphatic rings. The fourth-order valence-corrected chi connectivity index (χ4v) is 3.87. The molecule has 0 saturated heterocycles. The zero-order valence-corrected chi connectivity index (χ0v) is 21.3. The molecular weight excluding hydrogens is 545 g/mol. The van der Waals surface area contributed by atoms with Gasteiger partial charge in [-0.3, -0.25) is 0 Å². The van der Waals surface area contributed by atoms with Gasteiger partial charge in [-0.1, -0.05) is 0 Å². The van der Waals surface area contributed by atoms with E-state index >= 15 is 0 Å². The van der Waals surface area contributed by atoms with E-state index in [1.54, 1.807) is 56.1 Å². The van der Waals surface area contributed by atoms with Crippen LogP contribution in [0.5, 0.6) is 11.5 Å². The normalized spacial score (nSPS) is 10.6. The third-order valence-electron chi connectivity index (χ3n) is 3.91. The van der Waals surface area contributed by atoms with Gasteiger partial charge in [0.05, 0.1) is 25.3 Å². The zero-order valence-electron chi connectivity index (χ0n) is 18.3. The van der Waals surface area contributed by atoms with Crippen LogP contribution in [0.4, 0.5) is 0 Å². The molecule has 1 aromatic heterocycles. The Morgan fingerprint density at radius 3 is 2.06 bits per heavy atom. The maximum atomic E-state index is 11.8. The van der Waals surface area contributed by atoms with E-state index in [9.17, 15) is 9.59 Å². The number of thiazole rings is 1. The highest BCUT2D eigenvalue weighted by atomic mass is 127. The Morgan fingerprint density at radius 1 is 1.00 bits per heavy atom. The number of carboxylic acids is 1. The van der Waals surface area contributed by atoms with Gasteiger partial charge in [0.1, 0.15) is 22.1 Å². The number of hydrogen-bond donors (Lipinski definition) is 1. The van der Waals surface area contributed by atoms with Crippen molar-refractivity contribution in [2.24, 2.45) is 0 Å². The number of aromatic nitrogens is 1. The largest absolute Gasteiger partial charge is 0.497 e. The molecule has 32 heavy (non-hydrogen) atoms. The van der Waals surface area contributed by atoms with Crippen LogP contribution in [0.3, 0.4) is 0 Å². The number of benzene rings is 2. The average molecular weight is 569 g/mol. The van der Waals surface area contributed by atoms with Gasteiger partial charge >= 0.3 is 11.9 Å². The Hall–Kier alpha value is -2.66. The molecule has 0 fully saturated rings. The van der Waals surface area contributed by atoms with Gasteiger partial charge in [0.25, 0.3) is 0 Å². The second kappa shape index (κ2) is 11.3. The molecule has 7 nitrogen and oxygen atoms in total. The number of methoxy groups -OCH3 is 2. The van der Waals surface area contributed by atoms with Gasteiger partial charge in [-0.15, -0.1) is 11.3 Å². The van der Waals surface area contributed by atoms with E-state index in [4.69, 9.17) is 19.3 Å². The summed E-state index contributed by atoms with van der Waals surface area (Å²) in [5, 5.41) is 11.5. The second-order valence-electron chi connectivity index (χ2n) is 7.40. The number of esters is 1. The van der Waals surface area contributed by atoms with Gasteiger partial charge < -0.3 is 19.3 Å². The summed E-state index contributed by atoms with van der Waals surface area (Å²) < 4.78 is 16.3. The van der Waals surface area contributed by atoms with Crippen LogP contribution in [0.15, 0.2) is 48.0 Å². The Morgan fingerprint density at radius 2 is 1.59 bits per heavy atom. The maximum absolute atomic E-state index is 11.8. The summed E-state index contributed by atoms with van der Waals surface area (Å²) in [6.45, 7) is 5.55. The molecule has 0 atom stereocenters. The van der Waals surface area contributed by atoms with Gasteiger partial charge in [0.2, 0.25) is 0 Å². The number of ether oxygens (including phenoxy) is 3. The zero-order chi connectivity index (χ0) is 23.9. The maximum Gasteiger partial charge on any atom is 0.339 e. The first kappa shape index (κ1) is 25.6. The van der Waals surface area contributed by atoms with E-state index in [1.807, 2.05) is 20.8 Å². The third kappa shape index (κ3) is 7.20. The highest BCUT2D eigenvalue weighted by Gasteiger charge is 2.20. The highest BCUT2D eigenvalue weighted by molar-refractivity contribution is 14.1. The van der Waals surface area contributed by atoms with Crippen LogP contribution in [0.2, 0.25) is 0 Å². The smallest absolute Gasteiger partial charge is 0.339 e. The van der Waals surface area contributed by atoms with Crippen molar-refractivity contribution in [3.05, 3.63) is 62.7 Å². The lowest BCUT2D eigenvalue weighted by Crippen LogP contribution is -2.24. The molecule has 1 heterocycles. The second-order valence-corrected chi connectivity index (χ2v) is 9.46. The molecule has 170 valence electrons. The van der Waals surface area contributed by atoms with E-state index in [0.29, 0.717) is 21.9 Å². The van der Waals surface area contributed by atoms with Gasteiger partial charge in [-0.05, 0) is 79.8 Å². The fourth-order valence-electron chi connectivity index (χ4n) is 2.49. The van der Waals surface area contributed by atoms with E-state index in [2.05, 4.69) is 27.6 Å². The summed E-state index contributed by atoms with van der Waals surface area (Å²) in [7, 11) is 3.14. The summed E-state index contributed by atoms with van der Waals surface area (Å²) in [4.78, 5) is 27.0. The van der Waals surface area contributed by atoms with Crippen LogP contribution in [0, 0.1) is 3.57 Å². The van der Waals surface area contributed by atoms with Gasteiger partial charge in [-0.25, -0.2) is 14.6 Å². The molecule has 0 saturated carbocycles. The Labute approximate surface area is 204 Å². The minimum Gasteiger partial charge on any atom is -0.497 e. The lowest BCUT2D eigenvalue weighted by atomic mass is 10.1. The number of carboxylic acid groups (broad SMARTS) is 1. The number of rotatable bonds is 5. The van der Waals surface area contributed by atoms with Crippen molar-refractivity contribution in [1.82, 2.24) is 4.98 Å². The van der Waals surface area contributed by atoms with E-state index in [0.717, 1.165) is 9.32 Å². The molecule has 0 radical (unpaired) electrons. The minimum atomic E-state index is -0.965. The molecule has 3 rings (SSSR count). The lowest BCUT2D eigenvalue weighted by Gasteiger charge is -2.20. The number of nitrogens with zero attached hydrogens (tertiary/aromatic N) is 1. The van der Waals surface area contributed by atoms with Gasteiger partial charge in [0.15, 0.2) is 0 Å². The monoisotopic (exact) mass is 569 g/mol. The van der Waals surface area contributed by atoms with Crippen LogP contribution >= 0.6 is 33.9 Å². The van der Waals surface area contributed by atoms with E-state index < -0.39 is 11.6 Å². The Balaban J connectivity index is 0.000000227. The molecule has 0 amide bonds. The number of aromatic carboxylic acids is 1. The molecule has 3 aromatic rings. The van der Waals surface area contributed by atoms with E-state index in [-0.39, 0.29) is 11.5 Å². The minimum absolute atomic E-state index is 0.232. The summed E-state index contributed by atoms with van der Waals surface area (Å²) >= 11 is 3.49. The first-order valence-electron chi connectivity index (χ1n) is 9.43. The average Bonchev–Trinajstić information content (AvgIpc) is 3.27. The molecule has 9 heteroatoms.